The standard InChI is InChI=1S/C7H14N2O2/c1-5(10)9(2)6-3-8-4-7(6)11/h6-8,11H,3-4H2,1-2H3/t6-,7+/m1/s1. The van der Waals surface area contributed by atoms with Crippen LogP contribution in [0.2, 0.25) is 0 Å². The Hall–Kier alpha value is -0.610. The lowest BCUT2D eigenvalue weighted by atomic mass is 10.2. The molecule has 1 aliphatic heterocycles. The van der Waals surface area contributed by atoms with E-state index in [9.17, 15) is 9.90 Å². The lowest BCUT2D eigenvalue weighted by Crippen LogP contribution is -2.43. The molecule has 1 aliphatic rings. The van der Waals surface area contributed by atoms with Crippen molar-refractivity contribution in [2.45, 2.75) is 19.1 Å². The minimum Gasteiger partial charge on any atom is -0.390 e. The Balaban J connectivity index is 2.52. The summed E-state index contributed by atoms with van der Waals surface area (Å²) in [6.45, 7) is 2.78. The smallest absolute Gasteiger partial charge is 0.219 e. The molecule has 1 amide bonds. The Morgan fingerprint density at radius 2 is 2.27 bits per heavy atom. The Bertz CT molecular complexity index is 161. The van der Waals surface area contributed by atoms with Gasteiger partial charge in [0, 0.05) is 27.1 Å². The van der Waals surface area contributed by atoms with Crippen LogP contribution in [-0.4, -0.2) is 48.2 Å². The third-order valence-electron chi connectivity index (χ3n) is 2.15. The van der Waals surface area contributed by atoms with Crippen molar-refractivity contribution in [1.82, 2.24) is 10.2 Å². The first-order chi connectivity index (χ1) is 5.13. The van der Waals surface area contributed by atoms with Gasteiger partial charge in [-0.15, -0.1) is 0 Å². The van der Waals surface area contributed by atoms with E-state index < -0.39 is 6.10 Å². The fraction of sp³-hybridized carbons (Fsp3) is 0.857. The molecule has 1 rings (SSSR count). The number of carbonyl (C=O) groups is 1. The molecule has 0 bridgehead atoms. The molecule has 4 heteroatoms. The topological polar surface area (TPSA) is 52.6 Å². The lowest BCUT2D eigenvalue weighted by Gasteiger charge is -2.24. The molecule has 0 spiro atoms. The lowest BCUT2D eigenvalue weighted by molar-refractivity contribution is -0.130. The van der Waals surface area contributed by atoms with E-state index >= 15 is 0 Å². The summed E-state index contributed by atoms with van der Waals surface area (Å²) < 4.78 is 0. The largest absolute Gasteiger partial charge is 0.390 e. The van der Waals surface area contributed by atoms with Crippen LogP contribution in [0.1, 0.15) is 6.92 Å². The molecule has 0 saturated carbocycles. The van der Waals surface area contributed by atoms with Crippen LogP contribution in [0.5, 0.6) is 0 Å². The zero-order chi connectivity index (χ0) is 8.43. The molecule has 0 aromatic carbocycles. The SMILES string of the molecule is CC(=O)N(C)[C@@H]1CNC[C@@H]1O. The van der Waals surface area contributed by atoms with Gasteiger partial charge in [-0.25, -0.2) is 0 Å². The first-order valence-corrected chi connectivity index (χ1v) is 3.75. The molecule has 0 unspecified atom stereocenters. The van der Waals surface area contributed by atoms with Gasteiger partial charge in [0.05, 0.1) is 12.1 Å². The first-order valence-electron chi connectivity index (χ1n) is 3.75. The summed E-state index contributed by atoms with van der Waals surface area (Å²) in [5.41, 5.74) is 0. The van der Waals surface area contributed by atoms with Crippen molar-refractivity contribution in [1.29, 1.82) is 0 Å². The predicted octanol–water partition coefficient (Wildman–Crippen LogP) is -1.20. The normalized spacial score (nSPS) is 30.5. The van der Waals surface area contributed by atoms with E-state index in [0.717, 1.165) is 0 Å². The number of nitrogens with zero attached hydrogens (tertiary/aromatic N) is 1. The highest BCUT2D eigenvalue weighted by molar-refractivity contribution is 5.73. The van der Waals surface area contributed by atoms with Gasteiger partial charge in [-0.05, 0) is 0 Å². The van der Waals surface area contributed by atoms with Crippen molar-refractivity contribution < 1.29 is 9.90 Å². The maximum atomic E-state index is 10.9. The minimum atomic E-state index is -0.413. The van der Waals surface area contributed by atoms with Gasteiger partial charge >= 0.3 is 0 Å². The van der Waals surface area contributed by atoms with E-state index in [1.807, 2.05) is 0 Å². The van der Waals surface area contributed by atoms with E-state index in [2.05, 4.69) is 5.32 Å². The quantitative estimate of drug-likeness (QED) is 0.504. The highest BCUT2D eigenvalue weighted by atomic mass is 16.3. The molecule has 4 nitrogen and oxygen atoms in total. The van der Waals surface area contributed by atoms with E-state index in [1.54, 1.807) is 11.9 Å². The Morgan fingerprint density at radius 3 is 2.64 bits per heavy atom. The third-order valence-corrected chi connectivity index (χ3v) is 2.15. The molecule has 1 fully saturated rings. The summed E-state index contributed by atoms with van der Waals surface area (Å²) in [6, 6.07) is -0.0486. The minimum absolute atomic E-state index is 0.00208. The molecule has 2 atom stereocenters. The van der Waals surface area contributed by atoms with Crippen LogP contribution < -0.4 is 5.32 Å². The molecule has 0 aromatic heterocycles. The third kappa shape index (κ3) is 1.70. The van der Waals surface area contributed by atoms with Crippen molar-refractivity contribution in [3.05, 3.63) is 0 Å². The van der Waals surface area contributed by atoms with Crippen molar-refractivity contribution in [2.75, 3.05) is 20.1 Å². The fourth-order valence-electron chi connectivity index (χ4n) is 1.28. The Morgan fingerprint density at radius 1 is 1.64 bits per heavy atom. The number of hydrogen-bond donors (Lipinski definition) is 2. The van der Waals surface area contributed by atoms with Crippen molar-refractivity contribution in [3.63, 3.8) is 0 Å². The Kier molecular flexibility index (Phi) is 2.46. The molecule has 2 N–H and O–H groups in total. The number of β-amino-alcohol motifs (C(OH)–C–C–N with tert-alkyl or cyclic N) is 1. The maximum Gasteiger partial charge on any atom is 0.219 e. The van der Waals surface area contributed by atoms with Gasteiger partial charge in [-0.1, -0.05) is 0 Å². The predicted molar refractivity (Wildman–Crippen MR) is 41.1 cm³/mol. The molecule has 1 saturated heterocycles. The fourth-order valence-corrected chi connectivity index (χ4v) is 1.28. The average molecular weight is 158 g/mol. The number of likely N-dealkylation sites (N-methyl/N-ethyl adjacent to an activating group) is 1. The van der Waals surface area contributed by atoms with Crippen LogP contribution in [-0.2, 0) is 4.79 Å². The van der Waals surface area contributed by atoms with Crippen LogP contribution in [0.25, 0.3) is 0 Å². The summed E-state index contributed by atoms with van der Waals surface area (Å²) in [5, 5.41) is 12.4. The van der Waals surface area contributed by atoms with Crippen molar-refractivity contribution in [2.24, 2.45) is 0 Å². The van der Waals surface area contributed by atoms with Crippen LogP contribution in [0.15, 0.2) is 0 Å². The van der Waals surface area contributed by atoms with E-state index in [-0.39, 0.29) is 11.9 Å². The Labute approximate surface area is 66.2 Å². The second-order valence-electron chi connectivity index (χ2n) is 2.92. The van der Waals surface area contributed by atoms with Crippen LogP contribution >= 0.6 is 0 Å². The number of nitrogens with one attached hydrogen (secondary N) is 1. The molecular weight excluding hydrogens is 144 g/mol. The number of carbonyl (C=O) groups excluding carboxylic acids is 1. The summed E-state index contributed by atoms with van der Waals surface area (Å²) in [4.78, 5) is 12.4. The highest BCUT2D eigenvalue weighted by Gasteiger charge is 2.29. The van der Waals surface area contributed by atoms with Gasteiger partial charge in [-0.2, -0.15) is 0 Å². The van der Waals surface area contributed by atoms with Crippen molar-refractivity contribution >= 4 is 5.91 Å². The molecule has 0 aromatic rings. The van der Waals surface area contributed by atoms with Crippen LogP contribution in [0.3, 0.4) is 0 Å². The molecule has 64 valence electrons. The van der Waals surface area contributed by atoms with Gasteiger partial charge in [0.15, 0.2) is 0 Å². The molecule has 11 heavy (non-hydrogen) atoms. The number of aliphatic hydroxyl groups is 1. The van der Waals surface area contributed by atoms with E-state index in [4.69, 9.17) is 0 Å². The number of amides is 1. The highest BCUT2D eigenvalue weighted by Crippen LogP contribution is 2.06. The van der Waals surface area contributed by atoms with Gasteiger partial charge in [0.2, 0.25) is 5.91 Å². The summed E-state index contributed by atoms with van der Waals surface area (Å²) in [5.74, 6) is -0.00208. The zero-order valence-electron chi connectivity index (χ0n) is 6.87. The number of hydrogen-bond acceptors (Lipinski definition) is 3. The van der Waals surface area contributed by atoms with Gasteiger partial charge in [0.1, 0.15) is 0 Å². The second-order valence-corrected chi connectivity index (χ2v) is 2.92. The number of rotatable bonds is 1. The second kappa shape index (κ2) is 3.19. The molecule has 0 aliphatic carbocycles. The van der Waals surface area contributed by atoms with Crippen LogP contribution in [0.4, 0.5) is 0 Å². The van der Waals surface area contributed by atoms with Crippen LogP contribution in [0, 0.1) is 0 Å². The summed E-state index contributed by atoms with van der Waals surface area (Å²) >= 11 is 0. The monoisotopic (exact) mass is 158 g/mol. The summed E-state index contributed by atoms with van der Waals surface area (Å²) in [7, 11) is 1.71. The van der Waals surface area contributed by atoms with E-state index in [1.165, 1.54) is 6.92 Å². The molecule has 1 heterocycles. The molecular formula is C7H14N2O2. The maximum absolute atomic E-state index is 10.9. The first kappa shape index (κ1) is 8.49. The van der Waals surface area contributed by atoms with E-state index in [0.29, 0.717) is 13.1 Å². The van der Waals surface area contributed by atoms with Gasteiger partial charge in [0.25, 0.3) is 0 Å². The van der Waals surface area contributed by atoms with Gasteiger partial charge < -0.3 is 15.3 Å². The number of aliphatic hydroxyl groups excluding tert-OH is 1. The average Bonchev–Trinajstić information content (AvgIpc) is 2.33. The van der Waals surface area contributed by atoms with Crippen molar-refractivity contribution in [3.8, 4) is 0 Å². The molecule has 0 radical (unpaired) electrons. The summed E-state index contributed by atoms with van der Waals surface area (Å²) in [6.07, 6.45) is -0.413. The zero-order valence-corrected chi connectivity index (χ0v) is 6.87. The van der Waals surface area contributed by atoms with Gasteiger partial charge in [-0.3, -0.25) is 4.79 Å².